The summed E-state index contributed by atoms with van der Waals surface area (Å²) in [5, 5.41) is 19.4. The van der Waals surface area contributed by atoms with E-state index in [2.05, 4.69) is 20.8 Å². The van der Waals surface area contributed by atoms with Crippen LogP contribution in [0, 0.1) is 5.92 Å². The van der Waals surface area contributed by atoms with Crippen LogP contribution in [0.3, 0.4) is 0 Å². The third-order valence-corrected chi connectivity index (χ3v) is 3.29. The summed E-state index contributed by atoms with van der Waals surface area (Å²) in [5.41, 5.74) is 0. The third kappa shape index (κ3) is 3.67. The average Bonchev–Trinajstić information content (AvgIpc) is 2.11. The van der Waals surface area contributed by atoms with Crippen LogP contribution in [0.1, 0.15) is 27.2 Å². The molecule has 1 aromatic rings. The maximum Gasteiger partial charge on any atom is 0.171 e. The topological polar surface area (TPSA) is 40.5 Å². The van der Waals surface area contributed by atoms with Gasteiger partial charge in [0.15, 0.2) is 11.5 Å². The van der Waals surface area contributed by atoms with E-state index in [0.29, 0.717) is 11.2 Å². The highest BCUT2D eigenvalue weighted by atomic mass is 32.2. The average molecular weight is 226 g/mol. The number of hydrogen-bond acceptors (Lipinski definition) is 3. The van der Waals surface area contributed by atoms with Gasteiger partial charge in [-0.15, -0.1) is 11.8 Å². The number of rotatable bonds is 4. The monoisotopic (exact) mass is 226 g/mol. The molecule has 0 aromatic heterocycles. The molecule has 0 heterocycles. The smallest absolute Gasteiger partial charge is 0.171 e. The van der Waals surface area contributed by atoms with Crippen LogP contribution in [-0.4, -0.2) is 15.5 Å². The predicted molar refractivity (Wildman–Crippen MR) is 64.5 cm³/mol. The van der Waals surface area contributed by atoms with Gasteiger partial charge in [-0.3, -0.25) is 0 Å². The lowest BCUT2D eigenvalue weighted by Gasteiger charge is -2.14. The Morgan fingerprint density at radius 2 is 1.87 bits per heavy atom. The Balaban J connectivity index is 2.68. The fourth-order valence-corrected chi connectivity index (χ4v) is 2.82. The summed E-state index contributed by atoms with van der Waals surface area (Å²) in [6.07, 6.45) is 1.10. The zero-order valence-corrected chi connectivity index (χ0v) is 10.2. The van der Waals surface area contributed by atoms with Gasteiger partial charge >= 0.3 is 0 Å². The van der Waals surface area contributed by atoms with Crippen LogP contribution in [-0.2, 0) is 0 Å². The largest absolute Gasteiger partial charge is 0.504 e. The van der Waals surface area contributed by atoms with Gasteiger partial charge in [-0.1, -0.05) is 26.8 Å². The van der Waals surface area contributed by atoms with Gasteiger partial charge in [-0.05, 0) is 24.5 Å². The molecular weight excluding hydrogens is 208 g/mol. The van der Waals surface area contributed by atoms with Crippen molar-refractivity contribution in [2.24, 2.45) is 5.92 Å². The molecule has 0 aliphatic carbocycles. The van der Waals surface area contributed by atoms with Crippen molar-refractivity contribution in [3.8, 4) is 11.5 Å². The standard InChI is InChI=1S/C12H18O2S/c1-8(2)7-9(3)15-11-6-4-5-10(13)12(11)14/h4-6,8-9,13-14H,7H2,1-3H3. The molecule has 1 atom stereocenters. The number of thioether (sulfide) groups is 1. The Bertz CT molecular complexity index is 323. The summed E-state index contributed by atoms with van der Waals surface area (Å²) in [7, 11) is 0. The molecular formula is C12H18O2S. The van der Waals surface area contributed by atoms with E-state index in [1.54, 1.807) is 17.8 Å². The first-order valence-electron chi connectivity index (χ1n) is 5.18. The summed E-state index contributed by atoms with van der Waals surface area (Å²) < 4.78 is 0. The minimum absolute atomic E-state index is 0.00175. The molecule has 2 nitrogen and oxygen atoms in total. The van der Waals surface area contributed by atoms with Gasteiger partial charge in [0.25, 0.3) is 0 Å². The zero-order valence-electron chi connectivity index (χ0n) is 9.40. The lowest BCUT2D eigenvalue weighted by Crippen LogP contribution is -2.01. The van der Waals surface area contributed by atoms with Crippen LogP contribution in [0.15, 0.2) is 23.1 Å². The van der Waals surface area contributed by atoms with Crippen molar-refractivity contribution < 1.29 is 10.2 Å². The van der Waals surface area contributed by atoms with Crippen molar-refractivity contribution in [2.75, 3.05) is 0 Å². The maximum absolute atomic E-state index is 9.61. The van der Waals surface area contributed by atoms with Crippen LogP contribution < -0.4 is 0 Å². The van der Waals surface area contributed by atoms with E-state index in [1.165, 1.54) is 6.07 Å². The van der Waals surface area contributed by atoms with E-state index in [4.69, 9.17) is 0 Å². The molecule has 0 amide bonds. The number of hydrogen-bond donors (Lipinski definition) is 2. The minimum atomic E-state index is -0.0447. The molecule has 1 rings (SSSR count). The summed E-state index contributed by atoms with van der Waals surface area (Å²) >= 11 is 1.60. The second-order valence-corrected chi connectivity index (χ2v) is 5.66. The lowest BCUT2D eigenvalue weighted by atomic mass is 10.1. The molecule has 1 aromatic carbocycles. The first kappa shape index (κ1) is 12.2. The molecule has 0 spiro atoms. The van der Waals surface area contributed by atoms with Gasteiger partial charge < -0.3 is 10.2 Å². The van der Waals surface area contributed by atoms with Gasteiger partial charge in [0.1, 0.15) is 0 Å². The second kappa shape index (κ2) is 5.31. The Kier molecular flexibility index (Phi) is 4.33. The van der Waals surface area contributed by atoms with E-state index in [0.717, 1.165) is 11.3 Å². The number of benzene rings is 1. The molecule has 0 saturated heterocycles. The van der Waals surface area contributed by atoms with E-state index in [1.807, 2.05) is 6.07 Å². The fourth-order valence-electron chi connectivity index (χ4n) is 1.53. The summed E-state index contributed by atoms with van der Waals surface area (Å²) in [6, 6.07) is 5.07. The minimum Gasteiger partial charge on any atom is -0.504 e. The molecule has 3 heteroatoms. The Morgan fingerprint density at radius 3 is 2.47 bits per heavy atom. The van der Waals surface area contributed by atoms with E-state index >= 15 is 0 Å². The molecule has 0 aliphatic heterocycles. The summed E-state index contributed by atoms with van der Waals surface area (Å²) in [6.45, 7) is 6.49. The van der Waals surface area contributed by atoms with Gasteiger partial charge in [-0.2, -0.15) is 0 Å². The van der Waals surface area contributed by atoms with E-state index in [-0.39, 0.29) is 11.5 Å². The second-order valence-electron chi connectivity index (χ2n) is 4.18. The van der Waals surface area contributed by atoms with Crippen molar-refractivity contribution in [3.63, 3.8) is 0 Å². The van der Waals surface area contributed by atoms with Gasteiger partial charge in [-0.25, -0.2) is 0 Å². The quantitative estimate of drug-likeness (QED) is 0.608. The molecule has 0 radical (unpaired) electrons. The van der Waals surface area contributed by atoms with Crippen molar-refractivity contribution in [1.82, 2.24) is 0 Å². The molecule has 84 valence electrons. The van der Waals surface area contributed by atoms with Crippen molar-refractivity contribution in [2.45, 2.75) is 37.3 Å². The highest BCUT2D eigenvalue weighted by Gasteiger charge is 2.11. The number of aromatic hydroxyl groups is 2. The first-order chi connectivity index (χ1) is 7.00. The van der Waals surface area contributed by atoms with Gasteiger partial charge in [0, 0.05) is 5.25 Å². The summed E-state index contributed by atoms with van der Waals surface area (Å²) in [5.74, 6) is 0.599. The normalized spacial score (nSPS) is 13.1. The van der Waals surface area contributed by atoms with E-state index in [9.17, 15) is 10.2 Å². The lowest BCUT2D eigenvalue weighted by molar-refractivity contribution is 0.395. The van der Waals surface area contributed by atoms with Crippen LogP contribution in [0.2, 0.25) is 0 Å². The number of phenols is 2. The van der Waals surface area contributed by atoms with Crippen LogP contribution in [0.4, 0.5) is 0 Å². The fraction of sp³-hybridized carbons (Fsp3) is 0.500. The number of para-hydroxylation sites is 1. The first-order valence-corrected chi connectivity index (χ1v) is 6.06. The van der Waals surface area contributed by atoms with Crippen LogP contribution in [0.5, 0.6) is 11.5 Å². The van der Waals surface area contributed by atoms with Crippen molar-refractivity contribution in [1.29, 1.82) is 0 Å². The SMILES string of the molecule is CC(C)CC(C)Sc1cccc(O)c1O. The Hall–Kier alpha value is -0.830. The maximum atomic E-state index is 9.61. The zero-order chi connectivity index (χ0) is 11.4. The van der Waals surface area contributed by atoms with Gasteiger partial charge in [0.2, 0.25) is 0 Å². The van der Waals surface area contributed by atoms with E-state index < -0.39 is 0 Å². The Morgan fingerprint density at radius 1 is 1.20 bits per heavy atom. The molecule has 0 aliphatic rings. The molecule has 2 N–H and O–H groups in total. The molecule has 0 fully saturated rings. The van der Waals surface area contributed by atoms with Crippen LogP contribution in [0.25, 0.3) is 0 Å². The number of phenolic OH excluding ortho intramolecular Hbond substituents is 2. The Labute approximate surface area is 95.3 Å². The van der Waals surface area contributed by atoms with Crippen molar-refractivity contribution >= 4 is 11.8 Å². The molecule has 0 bridgehead atoms. The van der Waals surface area contributed by atoms with Gasteiger partial charge in [0.05, 0.1) is 4.90 Å². The highest BCUT2D eigenvalue weighted by Crippen LogP contribution is 2.38. The molecule has 1 unspecified atom stereocenters. The summed E-state index contributed by atoms with van der Waals surface area (Å²) in [4.78, 5) is 0.753. The van der Waals surface area contributed by atoms with Crippen molar-refractivity contribution in [3.05, 3.63) is 18.2 Å². The molecule has 15 heavy (non-hydrogen) atoms. The third-order valence-electron chi connectivity index (χ3n) is 2.11. The predicted octanol–water partition coefficient (Wildman–Crippen LogP) is 3.62. The highest BCUT2D eigenvalue weighted by molar-refractivity contribution is 8.00. The van der Waals surface area contributed by atoms with Crippen LogP contribution >= 0.6 is 11.8 Å². The molecule has 0 saturated carbocycles.